The van der Waals surface area contributed by atoms with E-state index >= 15 is 0 Å². The molecule has 90 valence electrons. The molecule has 0 radical (unpaired) electrons. The molecule has 0 spiro atoms. The number of hydrogen-bond acceptors (Lipinski definition) is 4. The highest BCUT2D eigenvalue weighted by molar-refractivity contribution is 5.70. The first-order valence-electron chi connectivity index (χ1n) is 5.54. The monoisotopic (exact) mass is 240 g/mol. The molecule has 0 atom stereocenters. The minimum Gasteiger partial charge on any atom is -0.496 e. The fourth-order valence-electron chi connectivity index (χ4n) is 1.87. The van der Waals surface area contributed by atoms with Crippen molar-refractivity contribution in [1.29, 1.82) is 0 Å². The van der Waals surface area contributed by atoms with Crippen molar-refractivity contribution in [2.24, 2.45) is 0 Å². The van der Waals surface area contributed by atoms with Gasteiger partial charge in [-0.25, -0.2) is 9.50 Å². The topological polar surface area (TPSA) is 65.4 Å². The Kier molecular flexibility index (Phi) is 2.37. The Morgan fingerprint density at radius 1 is 1.17 bits per heavy atom. The van der Waals surface area contributed by atoms with E-state index < -0.39 is 0 Å². The summed E-state index contributed by atoms with van der Waals surface area (Å²) in [6.45, 7) is 0. The third-order valence-corrected chi connectivity index (χ3v) is 2.74. The zero-order valence-electron chi connectivity index (χ0n) is 9.87. The normalized spacial score (nSPS) is 10.7. The average Bonchev–Trinajstić information content (AvgIpc) is 2.84. The second-order valence-electron chi connectivity index (χ2n) is 3.87. The summed E-state index contributed by atoms with van der Waals surface area (Å²) in [4.78, 5) is 4.44. The van der Waals surface area contributed by atoms with Crippen LogP contribution in [0.15, 0.2) is 42.6 Å². The minimum absolute atomic E-state index is 0.602. The van der Waals surface area contributed by atoms with Gasteiger partial charge in [0.15, 0.2) is 11.5 Å². The smallest absolute Gasteiger partial charge is 0.185 e. The summed E-state index contributed by atoms with van der Waals surface area (Å²) in [5.41, 5.74) is 7.97. The summed E-state index contributed by atoms with van der Waals surface area (Å²) in [6, 6.07) is 11.3. The molecule has 3 rings (SSSR count). The van der Waals surface area contributed by atoms with Crippen molar-refractivity contribution in [1.82, 2.24) is 14.6 Å². The molecular weight excluding hydrogens is 228 g/mol. The fourth-order valence-corrected chi connectivity index (χ4v) is 1.87. The Morgan fingerprint density at radius 2 is 2.00 bits per heavy atom. The zero-order valence-corrected chi connectivity index (χ0v) is 9.87. The number of hydrogen-bond donors (Lipinski definition) is 1. The maximum atomic E-state index is 5.86. The molecule has 1 aromatic carbocycles. The third-order valence-electron chi connectivity index (χ3n) is 2.74. The van der Waals surface area contributed by atoms with Crippen molar-refractivity contribution in [3.8, 4) is 17.1 Å². The lowest BCUT2D eigenvalue weighted by Crippen LogP contribution is -1.92. The molecule has 5 nitrogen and oxygen atoms in total. The minimum atomic E-state index is 0.602. The number of benzene rings is 1. The van der Waals surface area contributed by atoms with Gasteiger partial charge in [-0.15, -0.1) is 5.10 Å². The van der Waals surface area contributed by atoms with Crippen molar-refractivity contribution >= 4 is 11.3 Å². The lowest BCUT2D eigenvalue weighted by molar-refractivity contribution is 0.416. The molecule has 0 saturated heterocycles. The van der Waals surface area contributed by atoms with Crippen LogP contribution in [0.2, 0.25) is 0 Å². The van der Waals surface area contributed by atoms with Crippen LogP contribution in [-0.2, 0) is 0 Å². The number of rotatable bonds is 2. The Bertz CT molecular complexity index is 705. The number of ether oxygens (including phenoxy) is 1. The van der Waals surface area contributed by atoms with Crippen LogP contribution in [-0.4, -0.2) is 21.7 Å². The quantitative estimate of drug-likeness (QED) is 0.744. The summed E-state index contributed by atoms with van der Waals surface area (Å²) < 4.78 is 6.97. The second kappa shape index (κ2) is 4.03. The van der Waals surface area contributed by atoms with E-state index in [1.165, 1.54) is 0 Å². The SMILES string of the molecule is COc1ccccc1-c1nc2c(N)cccn2n1. The van der Waals surface area contributed by atoms with Crippen molar-refractivity contribution in [3.63, 3.8) is 0 Å². The van der Waals surface area contributed by atoms with Gasteiger partial charge in [0, 0.05) is 6.20 Å². The van der Waals surface area contributed by atoms with Gasteiger partial charge in [-0.2, -0.15) is 0 Å². The first-order chi connectivity index (χ1) is 8.79. The lowest BCUT2D eigenvalue weighted by atomic mass is 10.2. The second-order valence-corrected chi connectivity index (χ2v) is 3.87. The predicted molar refractivity (Wildman–Crippen MR) is 69.4 cm³/mol. The van der Waals surface area contributed by atoms with E-state index in [-0.39, 0.29) is 0 Å². The predicted octanol–water partition coefficient (Wildman–Crippen LogP) is 1.99. The zero-order chi connectivity index (χ0) is 12.5. The Labute approximate surface area is 104 Å². The number of fused-ring (bicyclic) bond motifs is 1. The van der Waals surface area contributed by atoms with Crippen LogP contribution >= 0.6 is 0 Å². The van der Waals surface area contributed by atoms with E-state index in [0.29, 0.717) is 17.2 Å². The molecule has 0 aliphatic heterocycles. The number of methoxy groups -OCH3 is 1. The Hall–Kier alpha value is -2.56. The van der Waals surface area contributed by atoms with Crippen LogP contribution in [0.1, 0.15) is 0 Å². The molecule has 0 aliphatic rings. The first-order valence-corrected chi connectivity index (χ1v) is 5.54. The van der Waals surface area contributed by atoms with Gasteiger partial charge in [0.25, 0.3) is 0 Å². The van der Waals surface area contributed by atoms with Gasteiger partial charge in [0.1, 0.15) is 5.75 Å². The average molecular weight is 240 g/mol. The van der Waals surface area contributed by atoms with Gasteiger partial charge in [-0.05, 0) is 24.3 Å². The standard InChI is InChI=1S/C13H12N4O/c1-18-11-7-3-2-5-9(11)12-15-13-10(14)6-4-8-17(13)16-12/h2-8H,14H2,1H3. The maximum Gasteiger partial charge on any atom is 0.185 e. The molecule has 0 amide bonds. The largest absolute Gasteiger partial charge is 0.496 e. The molecule has 3 aromatic rings. The number of nitrogens with zero attached hydrogens (tertiary/aromatic N) is 3. The summed E-state index contributed by atoms with van der Waals surface area (Å²) in [6.07, 6.45) is 1.82. The summed E-state index contributed by atoms with van der Waals surface area (Å²) >= 11 is 0. The van der Waals surface area contributed by atoms with E-state index in [1.807, 2.05) is 36.5 Å². The van der Waals surface area contributed by atoms with Crippen LogP contribution in [0, 0.1) is 0 Å². The van der Waals surface area contributed by atoms with E-state index in [1.54, 1.807) is 17.7 Å². The van der Waals surface area contributed by atoms with Crippen LogP contribution in [0.4, 0.5) is 5.69 Å². The van der Waals surface area contributed by atoms with Crippen molar-refractivity contribution in [2.75, 3.05) is 12.8 Å². The molecule has 0 saturated carbocycles. The Morgan fingerprint density at radius 3 is 2.78 bits per heavy atom. The summed E-state index contributed by atoms with van der Waals surface area (Å²) in [5, 5.41) is 4.40. The Balaban J connectivity index is 2.23. The van der Waals surface area contributed by atoms with E-state index in [2.05, 4.69) is 10.1 Å². The van der Waals surface area contributed by atoms with Gasteiger partial charge < -0.3 is 10.5 Å². The molecular formula is C13H12N4O. The van der Waals surface area contributed by atoms with Crippen LogP contribution < -0.4 is 10.5 Å². The van der Waals surface area contributed by atoms with Crippen molar-refractivity contribution in [3.05, 3.63) is 42.6 Å². The number of anilines is 1. The van der Waals surface area contributed by atoms with E-state index in [0.717, 1.165) is 11.3 Å². The van der Waals surface area contributed by atoms with E-state index in [4.69, 9.17) is 10.5 Å². The highest BCUT2D eigenvalue weighted by atomic mass is 16.5. The van der Waals surface area contributed by atoms with Gasteiger partial charge in [-0.3, -0.25) is 0 Å². The molecule has 5 heteroatoms. The number of nitrogens with two attached hydrogens (primary N) is 1. The fraction of sp³-hybridized carbons (Fsp3) is 0.0769. The molecule has 0 unspecified atom stereocenters. The number of aromatic nitrogens is 3. The van der Waals surface area contributed by atoms with Crippen molar-refractivity contribution in [2.45, 2.75) is 0 Å². The molecule has 2 N–H and O–H groups in total. The summed E-state index contributed by atoms with van der Waals surface area (Å²) in [5.74, 6) is 1.34. The van der Waals surface area contributed by atoms with Gasteiger partial charge >= 0.3 is 0 Å². The molecule has 0 bridgehead atoms. The molecule has 0 aliphatic carbocycles. The molecule has 18 heavy (non-hydrogen) atoms. The van der Waals surface area contributed by atoms with Crippen LogP contribution in [0.3, 0.4) is 0 Å². The first kappa shape index (κ1) is 10.6. The number of para-hydroxylation sites is 1. The van der Waals surface area contributed by atoms with Gasteiger partial charge in [0.2, 0.25) is 0 Å². The number of nitrogen functional groups attached to an aromatic ring is 1. The van der Waals surface area contributed by atoms with Crippen LogP contribution in [0.5, 0.6) is 5.75 Å². The molecule has 2 aromatic heterocycles. The van der Waals surface area contributed by atoms with E-state index in [9.17, 15) is 0 Å². The van der Waals surface area contributed by atoms with Gasteiger partial charge in [-0.1, -0.05) is 12.1 Å². The van der Waals surface area contributed by atoms with Gasteiger partial charge in [0.05, 0.1) is 18.4 Å². The maximum absolute atomic E-state index is 5.86. The lowest BCUT2D eigenvalue weighted by Gasteiger charge is -2.03. The summed E-state index contributed by atoms with van der Waals surface area (Å²) in [7, 11) is 1.63. The third kappa shape index (κ3) is 1.57. The highest BCUT2D eigenvalue weighted by Crippen LogP contribution is 2.27. The number of pyridine rings is 1. The van der Waals surface area contributed by atoms with Crippen LogP contribution in [0.25, 0.3) is 17.0 Å². The molecule has 0 fully saturated rings. The van der Waals surface area contributed by atoms with Crippen molar-refractivity contribution < 1.29 is 4.74 Å². The molecule has 2 heterocycles. The highest BCUT2D eigenvalue weighted by Gasteiger charge is 2.11.